The summed E-state index contributed by atoms with van der Waals surface area (Å²) in [5.41, 5.74) is 0. The molecule has 136 valence electrons. The molecular weight excluding hydrogens is 340 g/mol. The van der Waals surface area contributed by atoms with Crippen LogP contribution in [-0.2, 0) is 14.2 Å². The molecule has 0 bridgehead atoms. The molecule has 11 heteroatoms. The molecule has 23 heavy (non-hydrogen) atoms. The lowest BCUT2D eigenvalue weighted by Crippen LogP contribution is -2.62. The molecule has 2 saturated heterocycles. The molecule has 7 N–H and O–H groups in total. The minimum Gasteiger partial charge on any atom is -0.394 e. The van der Waals surface area contributed by atoms with Crippen LogP contribution in [0.25, 0.3) is 0 Å². The van der Waals surface area contributed by atoms with E-state index in [1.54, 1.807) is 0 Å². The minimum absolute atomic E-state index is 0.551. The first-order chi connectivity index (χ1) is 10.8. The van der Waals surface area contributed by atoms with E-state index in [1.807, 2.05) is 0 Å². The molecular formula is C12H21ClO10. The van der Waals surface area contributed by atoms with Crippen LogP contribution >= 0.6 is 11.6 Å². The maximum absolute atomic E-state index is 10.1. The number of alkyl halides is 1. The van der Waals surface area contributed by atoms with E-state index in [-0.39, 0.29) is 0 Å². The van der Waals surface area contributed by atoms with Crippen LogP contribution in [0.4, 0.5) is 0 Å². The van der Waals surface area contributed by atoms with E-state index in [0.29, 0.717) is 0 Å². The summed E-state index contributed by atoms with van der Waals surface area (Å²) in [5.74, 6) is -2.10. The van der Waals surface area contributed by atoms with E-state index in [4.69, 9.17) is 36.0 Å². The zero-order chi connectivity index (χ0) is 17.4. The van der Waals surface area contributed by atoms with Crippen molar-refractivity contribution in [3.63, 3.8) is 0 Å². The highest BCUT2D eigenvalue weighted by Crippen LogP contribution is 2.38. The smallest absolute Gasteiger partial charge is 0.222 e. The Bertz CT molecular complexity index is 398. The predicted molar refractivity (Wildman–Crippen MR) is 72.3 cm³/mol. The Morgan fingerprint density at radius 3 is 2.00 bits per heavy atom. The van der Waals surface area contributed by atoms with Crippen LogP contribution in [0.2, 0.25) is 0 Å². The summed E-state index contributed by atoms with van der Waals surface area (Å²) in [6, 6.07) is 0. The van der Waals surface area contributed by atoms with Gasteiger partial charge in [-0.3, -0.25) is 0 Å². The highest BCUT2D eigenvalue weighted by atomic mass is 35.5. The van der Waals surface area contributed by atoms with Gasteiger partial charge in [-0.1, -0.05) is 0 Å². The first kappa shape index (κ1) is 19.2. The van der Waals surface area contributed by atoms with Crippen LogP contribution in [0.3, 0.4) is 0 Å². The summed E-state index contributed by atoms with van der Waals surface area (Å²) >= 11 is 5.89. The number of hydrogen-bond donors (Lipinski definition) is 7. The van der Waals surface area contributed by atoms with Crippen molar-refractivity contribution in [3.05, 3.63) is 0 Å². The van der Waals surface area contributed by atoms with Gasteiger partial charge < -0.3 is 50.0 Å². The van der Waals surface area contributed by atoms with E-state index >= 15 is 0 Å². The van der Waals surface area contributed by atoms with Gasteiger partial charge in [0.05, 0.1) is 18.6 Å². The Kier molecular flexibility index (Phi) is 6.20. The molecule has 2 aliphatic rings. The molecule has 0 saturated carbocycles. The Labute approximate surface area is 136 Å². The van der Waals surface area contributed by atoms with E-state index < -0.39 is 73.9 Å². The quantitative estimate of drug-likeness (QED) is 0.239. The third kappa shape index (κ3) is 3.34. The Morgan fingerprint density at radius 2 is 1.52 bits per heavy atom. The Hall–Kier alpha value is -0.110. The van der Waals surface area contributed by atoms with Crippen molar-refractivity contribution in [2.45, 2.75) is 54.1 Å². The number of hydrogen-bond acceptors (Lipinski definition) is 10. The normalized spacial score (nSPS) is 51.1. The zero-order valence-electron chi connectivity index (χ0n) is 12.0. The van der Waals surface area contributed by atoms with Crippen LogP contribution in [0.5, 0.6) is 0 Å². The number of aliphatic hydroxyl groups excluding tert-OH is 7. The number of aliphatic hydroxyl groups is 7. The average molecular weight is 361 g/mol. The van der Waals surface area contributed by atoms with Gasteiger partial charge in [-0.15, -0.1) is 11.6 Å². The molecule has 0 aliphatic carbocycles. The predicted octanol–water partition coefficient (Wildman–Crippen LogP) is -4.15. The van der Waals surface area contributed by atoms with Crippen molar-refractivity contribution >= 4 is 11.6 Å². The maximum atomic E-state index is 10.1. The van der Waals surface area contributed by atoms with Crippen LogP contribution in [0.1, 0.15) is 0 Å². The number of rotatable bonds is 5. The Morgan fingerprint density at radius 1 is 0.913 bits per heavy atom. The van der Waals surface area contributed by atoms with Crippen molar-refractivity contribution in [3.8, 4) is 0 Å². The van der Waals surface area contributed by atoms with Crippen LogP contribution in [0.15, 0.2) is 0 Å². The molecule has 0 unspecified atom stereocenters. The van der Waals surface area contributed by atoms with Gasteiger partial charge in [0.2, 0.25) is 5.79 Å². The van der Waals surface area contributed by atoms with Gasteiger partial charge in [0.1, 0.15) is 43.2 Å². The molecule has 2 fully saturated rings. The summed E-state index contributed by atoms with van der Waals surface area (Å²) in [6.45, 7) is -2.11. The fourth-order valence-electron chi connectivity index (χ4n) is 2.60. The molecule has 0 spiro atoms. The minimum atomic E-state index is -2.10. The van der Waals surface area contributed by atoms with Gasteiger partial charge in [-0.05, 0) is 0 Å². The van der Waals surface area contributed by atoms with E-state index in [2.05, 4.69) is 0 Å². The van der Waals surface area contributed by atoms with E-state index in [1.165, 1.54) is 0 Å². The molecule has 0 amide bonds. The van der Waals surface area contributed by atoms with E-state index in [0.717, 1.165) is 0 Å². The zero-order valence-corrected chi connectivity index (χ0v) is 12.7. The van der Waals surface area contributed by atoms with E-state index in [9.17, 15) is 25.5 Å². The third-order valence-corrected chi connectivity index (χ3v) is 4.54. The summed E-state index contributed by atoms with van der Waals surface area (Å²) < 4.78 is 15.7. The van der Waals surface area contributed by atoms with Crippen molar-refractivity contribution in [2.24, 2.45) is 0 Å². The second-order valence-corrected chi connectivity index (χ2v) is 6.02. The second-order valence-electron chi connectivity index (χ2n) is 5.51. The molecule has 2 rings (SSSR count). The van der Waals surface area contributed by atoms with Gasteiger partial charge >= 0.3 is 0 Å². The van der Waals surface area contributed by atoms with Gasteiger partial charge in [-0.25, -0.2) is 0 Å². The Balaban J connectivity index is 2.18. The monoisotopic (exact) mass is 360 g/mol. The first-order valence-electron chi connectivity index (χ1n) is 7.01. The fourth-order valence-corrected chi connectivity index (χ4v) is 2.92. The molecule has 9 atom stereocenters. The molecule has 0 aromatic rings. The van der Waals surface area contributed by atoms with Crippen molar-refractivity contribution in [2.75, 3.05) is 19.8 Å². The molecule has 0 radical (unpaired) electrons. The summed E-state index contributed by atoms with van der Waals surface area (Å²) in [4.78, 5) is 0. The summed E-state index contributed by atoms with van der Waals surface area (Å²) in [5, 5.41) is 66.2. The van der Waals surface area contributed by atoms with Gasteiger partial charge in [-0.2, -0.15) is 0 Å². The standard InChI is InChI=1S/C12H21ClO10/c13-6-4(1-14)22-12(3-16,10(6)20)23-11-9(19)8(18)7(17)5(2-15)21-11/h4-11,14-20H,1-3H2/t4-,5-,6-,7-,8+,9-,10+,11+,12-/m1/s1. The first-order valence-corrected chi connectivity index (χ1v) is 7.45. The van der Waals surface area contributed by atoms with Gasteiger partial charge in [0.15, 0.2) is 6.29 Å². The largest absolute Gasteiger partial charge is 0.394 e. The lowest BCUT2D eigenvalue weighted by atomic mass is 9.99. The van der Waals surface area contributed by atoms with Crippen LogP contribution < -0.4 is 0 Å². The molecule has 2 aliphatic heterocycles. The van der Waals surface area contributed by atoms with Crippen LogP contribution in [-0.4, -0.2) is 110 Å². The lowest BCUT2D eigenvalue weighted by molar-refractivity contribution is -0.383. The van der Waals surface area contributed by atoms with Gasteiger partial charge in [0.25, 0.3) is 0 Å². The SMILES string of the molecule is OC[C@H]1O[C@@H](O[C@@]2(CO)O[C@H](CO)[C@@H](Cl)[C@@H]2O)[C@H](O)[C@@H](O)[C@@H]1O. The fraction of sp³-hybridized carbons (Fsp3) is 1.00. The lowest BCUT2D eigenvalue weighted by Gasteiger charge is -2.43. The highest BCUT2D eigenvalue weighted by molar-refractivity contribution is 6.21. The van der Waals surface area contributed by atoms with Gasteiger partial charge in [0, 0.05) is 0 Å². The summed E-state index contributed by atoms with van der Waals surface area (Å²) in [7, 11) is 0. The molecule has 2 heterocycles. The van der Waals surface area contributed by atoms with Crippen molar-refractivity contribution in [1.82, 2.24) is 0 Å². The van der Waals surface area contributed by atoms with Crippen molar-refractivity contribution in [1.29, 1.82) is 0 Å². The maximum Gasteiger partial charge on any atom is 0.222 e. The molecule has 10 nitrogen and oxygen atoms in total. The summed E-state index contributed by atoms with van der Waals surface area (Å²) in [6.07, 6.45) is -10.5. The molecule has 0 aromatic carbocycles. The number of halogens is 1. The highest BCUT2D eigenvalue weighted by Gasteiger charge is 2.58. The third-order valence-electron chi connectivity index (χ3n) is 4.02. The topological polar surface area (TPSA) is 169 Å². The van der Waals surface area contributed by atoms with Crippen LogP contribution in [0, 0.1) is 0 Å². The molecule has 0 aromatic heterocycles. The number of ether oxygens (including phenoxy) is 3. The second kappa shape index (κ2) is 7.42. The van der Waals surface area contributed by atoms with Crippen molar-refractivity contribution < 1.29 is 50.0 Å². The average Bonchev–Trinajstić information content (AvgIpc) is 2.80.